The lowest BCUT2D eigenvalue weighted by Gasteiger charge is -2.19. The van der Waals surface area contributed by atoms with Crippen molar-refractivity contribution in [2.75, 3.05) is 5.32 Å². The normalized spacial score (nSPS) is 12.1. The monoisotopic (exact) mass is 445 g/mol. The van der Waals surface area contributed by atoms with Crippen LogP contribution in [0.3, 0.4) is 0 Å². The smallest absolute Gasteiger partial charge is 0.237 e. The fraction of sp³-hybridized carbons (Fsp3) is 0.280. The number of rotatable bonds is 7. The second kappa shape index (κ2) is 9.84. The molecule has 2 aromatic carbocycles. The molecule has 1 aromatic heterocycles. The standard InChI is InChI=1S/C25H27N5OS/c1-6-14-30-22(19-10-12-20(13-11-19)25(3,4)5)28-29-24(30)32-17(2)23(31)27-21-9-7-8-18(15-21)16-26/h6-13,15,17H,1,14H2,2-5H3,(H,27,31). The summed E-state index contributed by atoms with van der Waals surface area (Å²) in [5.74, 6) is 0.566. The lowest BCUT2D eigenvalue weighted by atomic mass is 9.87. The van der Waals surface area contributed by atoms with Crippen LogP contribution in [0.25, 0.3) is 11.4 Å². The predicted octanol–water partition coefficient (Wildman–Crippen LogP) is 5.42. The maximum Gasteiger partial charge on any atom is 0.237 e. The van der Waals surface area contributed by atoms with E-state index in [4.69, 9.17) is 5.26 Å². The third-order valence-corrected chi connectivity index (χ3v) is 6.03. The first-order valence-electron chi connectivity index (χ1n) is 10.4. The van der Waals surface area contributed by atoms with E-state index in [1.807, 2.05) is 11.5 Å². The van der Waals surface area contributed by atoms with Crippen LogP contribution in [0.5, 0.6) is 0 Å². The highest BCUT2D eigenvalue weighted by Gasteiger charge is 2.21. The average Bonchev–Trinajstić information content (AvgIpc) is 3.15. The number of carbonyl (C=O) groups excluding carboxylic acids is 1. The number of carbonyl (C=O) groups is 1. The SMILES string of the molecule is C=CCn1c(SC(C)C(=O)Nc2cccc(C#N)c2)nnc1-c1ccc(C(C)(C)C)cc1. The van der Waals surface area contributed by atoms with Gasteiger partial charge in [0.05, 0.1) is 16.9 Å². The topological polar surface area (TPSA) is 83.6 Å². The second-order valence-corrected chi connectivity index (χ2v) is 9.78. The van der Waals surface area contributed by atoms with Crippen LogP contribution in [0.2, 0.25) is 0 Å². The summed E-state index contributed by atoms with van der Waals surface area (Å²) >= 11 is 1.33. The Balaban J connectivity index is 1.79. The van der Waals surface area contributed by atoms with Crippen LogP contribution in [0.15, 0.2) is 66.3 Å². The van der Waals surface area contributed by atoms with Crippen molar-refractivity contribution in [1.29, 1.82) is 5.26 Å². The number of nitrogens with one attached hydrogen (secondary N) is 1. The van der Waals surface area contributed by atoms with E-state index in [2.05, 4.69) is 73.2 Å². The lowest BCUT2D eigenvalue weighted by Crippen LogP contribution is -2.23. The number of nitrogens with zero attached hydrogens (tertiary/aromatic N) is 4. The van der Waals surface area contributed by atoms with E-state index in [1.54, 1.807) is 30.3 Å². The van der Waals surface area contributed by atoms with Crippen molar-refractivity contribution in [1.82, 2.24) is 14.8 Å². The third kappa shape index (κ3) is 5.45. The van der Waals surface area contributed by atoms with Crippen molar-refractivity contribution >= 4 is 23.4 Å². The lowest BCUT2D eigenvalue weighted by molar-refractivity contribution is -0.115. The Kier molecular flexibility index (Phi) is 7.16. The number of thioether (sulfide) groups is 1. The maximum atomic E-state index is 12.7. The molecule has 1 heterocycles. The van der Waals surface area contributed by atoms with Crippen molar-refractivity contribution in [3.8, 4) is 17.5 Å². The number of benzene rings is 2. The summed E-state index contributed by atoms with van der Waals surface area (Å²) in [5, 5.41) is 20.9. The molecule has 0 fully saturated rings. The highest BCUT2D eigenvalue weighted by atomic mass is 32.2. The van der Waals surface area contributed by atoms with Gasteiger partial charge in [-0.25, -0.2) is 0 Å². The Labute approximate surface area is 193 Å². The minimum atomic E-state index is -0.412. The molecule has 0 aliphatic carbocycles. The Morgan fingerprint density at radius 2 is 1.97 bits per heavy atom. The van der Waals surface area contributed by atoms with Crippen molar-refractivity contribution in [2.45, 2.75) is 50.1 Å². The van der Waals surface area contributed by atoms with Gasteiger partial charge in [0.1, 0.15) is 0 Å². The van der Waals surface area contributed by atoms with Crippen LogP contribution < -0.4 is 5.32 Å². The number of amides is 1. The molecule has 0 aliphatic heterocycles. The Morgan fingerprint density at radius 3 is 2.59 bits per heavy atom. The number of hydrogen-bond acceptors (Lipinski definition) is 5. The molecule has 1 atom stereocenters. The molecular weight excluding hydrogens is 418 g/mol. The molecule has 6 nitrogen and oxygen atoms in total. The maximum absolute atomic E-state index is 12.7. The predicted molar refractivity (Wildman–Crippen MR) is 129 cm³/mol. The van der Waals surface area contributed by atoms with Crippen LogP contribution in [0, 0.1) is 11.3 Å². The molecule has 3 aromatic rings. The largest absolute Gasteiger partial charge is 0.325 e. The molecule has 0 radical (unpaired) electrons. The van der Waals surface area contributed by atoms with Crippen molar-refractivity contribution in [2.24, 2.45) is 0 Å². The minimum Gasteiger partial charge on any atom is -0.325 e. The molecule has 164 valence electrons. The fourth-order valence-corrected chi connectivity index (χ4v) is 3.98. The Morgan fingerprint density at radius 1 is 1.25 bits per heavy atom. The first kappa shape index (κ1) is 23.3. The van der Waals surface area contributed by atoms with E-state index in [-0.39, 0.29) is 11.3 Å². The van der Waals surface area contributed by atoms with Crippen LogP contribution in [0.1, 0.15) is 38.8 Å². The van der Waals surface area contributed by atoms with Crippen LogP contribution >= 0.6 is 11.8 Å². The summed E-state index contributed by atoms with van der Waals surface area (Å²) in [6.07, 6.45) is 1.79. The summed E-state index contributed by atoms with van der Waals surface area (Å²) in [5.41, 5.74) is 3.37. The zero-order chi connectivity index (χ0) is 23.3. The second-order valence-electron chi connectivity index (χ2n) is 8.47. The molecule has 0 aliphatic rings. The highest BCUT2D eigenvalue weighted by molar-refractivity contribution is 8.00. The van der Waals surface area contributed by atoms with E-state index in [9.17, 15) is 4.79 Å². The van der Waals surface area contributed by atoms with E-state index in [0.29, 0.717) is 23.0 Å². The Hall–Kier alpha value is -3.37. The first-order valence-corrected chi connectivity index (χ1v) is 11.2. The van der Waals surface area contributed by atoms with Gasteiger partial charge in [0.2, 0.25) is 5.91 Å². The first-order chi connectivity index (χ1) is 15.2. The summed E-state index contributed by atoms with van der Waals surface area (Å²) in [4.78, 5) is 12.7. The number of nitriles is 1. The van der Waals surface area contributed by atoms with Crippen molar-refractivity contribution < 1.29 is 4.79 Å². The average molecular weight is 446 g/mol. The summed E-state index contributed by atoms with van der Waals surface area (Å²) in [7, 11) is 0. The van der Waals surface area contributed by atoms with Gasteiger partial charge in [0.15, 0.2) is 11.0 Å². The molecule has 0 saturated carbocycles. The molecule has 1 unspecified atom stereocenters. The minimum absolute atomic E-state index is 0.0733. The third-order valence-electron chi connectivity index (χ3n) is 4.95. The van der Waals surface area contributed by atoms with Crippen LogP contribution in [0.4, 0.5) is 5.69 Å². The molecule has 1 N–H and O–H groups in total. The molecule has 0 saturated heterocycles. The van der Waals surface area contributed by atoms with E-state index in [0.717, 1.165) is 11.4 Å². The van der Waals surface area contributed by atoms with Crippen molar-refractivity contribution in [3.05, 3.63) is 72.3 Å². The number of allylic oxidation sites excluding steroid dienone is 1. The van der Waals surface area contributed by atoms with Gasteiger partial charge in [-0.15, -0.1) is 16.8 Å². The van der Waals surface area contributed by atoms with Gasteiger partial charge >= 0.3 is 0 Å². The highest BCUT2D eigenvalue weighted by Crippen LogP contribution is 2.29. The number of hydrogen-bond donors (Lipinski definition) is 1. The van der Waals surface area contributed by atoms with E-state index < -0.39 is 5.25 Å². The quantitative estimate of drug-likeness (QED) is 0.388. The van der Waals surface area contributed by atoms with Gasteiger partial charge in [-0.2, -0.15) is 5.26 Å². The van der Waals surface area contributed by atoms with E-state index in [1.165, 1.54) is 17.3 Å². The summed E-state index contributed by atoms with van der Waals surface area (Å²) < 4.78 is 1.96. The molecule has 32 heavy (non-hydrogen) atoms. The van der Waals surface area contributed by atoms with Gasteiger partial charge < -0.3 is 5.32 Å². The number of anilines is 1. The Bertz CT molecular complexity index is 1150. The van der Waals surface area contributed by atoms with Gasteiger partial charge in [-0.3, -0.25) is 9.36 Å². The molecule has 7 heteroatoms. The van der Waals surface area contributed by atoms with Gasteiger partial charge in [0, 0.05) is 17.8 Å². The summed E-state index contributed by atoms with van der Waals surface area (Å²) in [6, 6.07) is 17.2. The van der Waals surface area contributed by atoms with Gasteiger partial charge in [-0.1, -0.05) is 68.9 Å². The molecule has 1 amide bonds. The van der Waals surface area contributed by atoms with Crippen LogP contribution in [-0.4, -0.2) is 25.9 Å². The zero-order valence-electron chi connectivity index (χ0n) is 18.8. The summed E-state index contributed by atoms with van der Waals surface area (Å²) in [6.45, 7) is 12.7. The molecule has 3 rings (SSSR count). The molecule has 0 bridgehead atoms. The molecular formula is C25H27N5OS. The van der Waals surface area contributed by atoms with E-state index >= 15 is 0 Å². The molecule has 0 spiro atoms. The van der Waals surface area contributed by atoms with Crippen LogP contribution in [-0.2, 0) is 16.8 Å². The van der Waals surface area contributed by atoms with Gasteiger partial charge in [0.25, 0.3) is 0 Å². The van der Waals surface area contributed by atoms with Crippen molar-refractivity contribution in [3.63, 3.8) is 0 Å². The van der Waals surface area contributed by atoms with Gasteiger partial charge in [-0.05, 0) is 36.1 Å². The zero-order valence-corrected chi connectivity index (χ0v) is 19.6. The fourth-order valence-electron chi connectivity index (χ4n) is 3.12. The number of aromatic nitrogens is 3.